The summed E-state index contributed by atoms with van der Waals surface area (Å²) >= 11 is 0. The van der Waals surface area contributed by atoms with Crippen molar-refractivity contribution in [1.82, 2.24) is 14.5 Å². The molecule has 198 valence electrons. The molecule has 1 atom stereocenters. The first-order valence-electron chi connectivity index (χ1n) is 12.0. The number of halogens is 1. The molecular formula is C26H37FN4O4S. The lowest BCUT2D eigenvalue weighted by Crippen LogP contribution is -2.54. The topological polar surface area (TPSA) is 90.0 Å². The maximum Gasteiger partial charge on any atom is 0.304 e. The van der Waals surface area contributed by atoms with Crippen LogP contribution in [0.3, 0.4) is 0 Å². The van der Waals surface area contributed by atoms with E-state index in [9.17, 15) is 22.4 Å². The highest BCUT2D eigenvalue weighted by atomic mass is 32.2. The monoisotopic (exact) mass is 520 g/mol. The van der Waals surface area contributed by atoms with Gasteiger partial charge >= 0.3 is 10.2 Å². The molecule has 0 fully saturated rings. The third-order valence-corrected chi connectivity index (χ3v) is 7.50. The zero-order valence-electron chi connectivity index (χ0n) is 21.6. The molecule has 0 unspecified atom stereocenters. The van der Waals surface area contributed by atoms with Gasteiger partial charge in [0.1, 0.15) is 18.4 Å². The lowest BCUT2D eigenvalue weighted by Gasteiger charge is -2.34. The number of nitrogens with zero attached hydrogens (tertiary/aromatic N) is 3. The Labute approximate surface area is 214 Å². The number of carbonyl (C=O) groups is 2. The standard InChI is InChI=1S/C26H37FN4O4S/c1-6-23(26(33)28-18-20(2)3)30(17-16-21-12-8-7-9-13-21)25(32)19-31(36(34,35)29(4)5)24-15-11-10-14-22(24)27/h7-15,20,23H,6,16-19H2,1-5H3,(H,28,33)/t23-/m0/s1. The first kappa shape index (κ1) is 29.3. The quantitative estimate of drug-likeness (QED) is 0.440. The number of amides is 2. The summed E-state index contributed by atoms with van der Waals surface area (Å²) in [5, 5.41) is 2.88. The number of para-hydroxylation sites is 1. The average Bonchev–Trinajstić information content (AvgIpc) is 2.84. The maximum atomic E-state index is 14.7. The fraction of sp³-hybridized carbons (Fsp3) is 0.462. The Hall–Kier alpha value is -2.98. The first-order chi connectivity index (χ1) is 17.0. The Morgan fingerprint density at radius 1 is 1.00 bits per heavy atom. The van der Waals surface area contributed by atoms with E-state index in [0.717, 1.165) is 20.2 Å². The van der Waals surface area contributed by atoms with E-state index in [1.165, 1.54) is 37.2 Å². The van der Waals surface area contributed by atoms with Gasteiger partial charge in [0.05, 0.1) is 5.69 Å². The fourth-order valence-corrected chi connectivity index (χ4v) is 4.74. The number of hydrogen-bond donors (Lipinski definition) is 1. The van der Waals surface area contributed by atoms with Crippen LogP contribution in [0.1, 0.15) is 32.8 Å². The number of hydrogen-bond acceptors (Lipinski definition) is 4. The van der Waals surface area contributed by atoms with E-state index in [4.69, 9.17) is 0 Å². The van der Waals surface area contributed by atoms with Gasteiger partial charge in [-0.05, 0) is 36.5 Å². The van der Waals surface area contributed by atoms with E-state index < -0.39 is 34.5 Å². The molecule has 0 aromatic heterocycles. The fourth-order valence-electron chi connectivity index (χ4n) is 3.67. The summed E-state index contributed by atoms with van der Waals surface area (Å²) in [7, 11) is -1.58. The van der Waals surface area contributed by atoms with Crippen LogP contribution in [0.5, 0.6) is 0 Å². The van der Waals surface area contributed by atoms with Crippen molar-refractivity contribution in [1.29, 1.82) is 0 Å². The summed E-state index contributed by atoms with van der Waals surface area (Å²) in [5.41, 5.74) is 0.736. The molecule has 2 aromatic rings. The molecule has 0 aliphatic rings. The number of benzene rings is 2. The van der Waals surface area contributed by atoms with Gasteiger partial charge in [0.15, 0.2) is 0 Å². The Balaban J connectivity index is 2.42. The summed E-state index contributed by atoms with van der Waals surface area (Å²) in [6.07, 6.45) is 0.811. The van der Waals surface area contributed by atoms with Crippen molar-refractivity contribution in [3.63, 3.8) is 0 Å². The Morgan fingerprint density at radius 3 is 2.17 bits per heavy atom. The average molecular weight is 521 g/mol. The predicted octanol–water partition coefficient (Wildman–Crippen LogP) is 3.06. The molecule has 0 saturated carbocycles. The van der Waals surface area contributed by atoms with Crippen LogP contribution in [0.2, 0.25) is 0 Å². The van der Waals surface area contributed by atoms with Crippen molar-refractivity contribution in [2.75, 3.05) is 38.0 Å². The van der Waals surface area contributed by atoms with Gasteiger partial charge in [-0.1, -0.05) is 63.2 Å². The van der Waals surface area contributed by atoms with Crippen LogP contribution in [0.15, 0.2) is 54.6 Å². The molecule has 0 saturated heterocycles. The number of carbonyl (C=O) groups excluding carboxylic acids is 2. The molecule has 0 bridgehead atoms. The highest BCUT2D eigenvalue weighted by Gasteiger charge is 2.34. The third kappa shape index (κ3) is 7.76. The molecule has 2 amide bonds. The van der Waals surface area contributed by atoms with Crippen LogP contribution < -0.4 is 9.62 Å². The maximum absolute atomic E-state index is 14.7. The van der Waals surface area contributed by atoms with Gasteiger partial charge in [0, 0.05) is 27.2 Å². The second-order valence-electron chi connectivity index (χ2n) is 9.13. The normalized spacial score (nSPS) is 12.4. The van der Waals surface area contributed by atoms with Crippen LogP contribution in [0.4, 0.5) is 10.1 Å². The largest absolute Gasteiger partial charge is 0.354 e. The van der Waals surface area contributed by atoms with Gasteiger partial charge in [0.25, 0.3) is 0 Å². The molecule has 10 heteroatoms. The molecule has 0 heterocycles. The molecule has 0 spiro atoms. The molecule has 2 rings (SSSR count). The minimum atomic E-state index is -4.21. The van der Waals surface area contributed by atoms with Crippen molar-refractivity contribution >= 4 is 27.7 Å². The van der Waals surface area contributed by atoms with Crippen LogP contribution in [0.25, 0.3) is 0 Å². The third-order valence-electron chi connectivity index (χ3n) is 5.69. The highest BCUT2D eigenvalue weighted by Crippen LogP contribution is 2.23. The SMILES string of the molecule is CC[C@@H](C(=O)NCC(C)C)N(CCc1ccccc1)C(=O)CN(c1ccccc1F)S(=O)(=O)N(C)C. The smallest absolute Gasteiger partial charge is 0.304 e. The molecular weight excluding hydrogens is 483 g/mol. The van der Waals surface area contributed by atoms with Crippen molar-refractivity contribution in [2.45, 2.75) is 39.7 Å². The van der Waals surface area contributed by atoms with Crippen molar-refractivity contribution in [3.8, 4) is 0 Å². The van der Waals surface area contributed by atoms with Crippen LogP contribution in [0, 0.1) is 11.7 Å². The summed E-state index contributed by atoms with van der Waals surface area (Å²) < 4.78 is 42.6. The van der Waals surface area contributed by atoms with E-state index >= 15 is 0 Å². The molecule has 1 N–H and O–H groups in total. The highest BCUT2D eigenvalue weighted by molar-refractivity contribution is 7.90. The summed E-state index contributed by atoms with van der Waals surface area (Å²) in [6.45, 7) is 5.74. The van der Waals surface area contributed by atoms with Crippen molar-refractivity contribution in [3.05, 3.63) is 66.0 Å². The van der Waals surface area contributed by atoms with Gasteiger partial charge in [-0.3, -0.25) is 9.59 Å². The van der Waals surface area contributed by atoms with Crippen molar-refractivity contribution in [2.24, 2.45) is 5.92 Å². The number of rotatable bonds is 13. The van der Waals surface area contributed by atoms with Crippen LogP contribution >= 0.6 is 0 Å². The molecule has 0 radical (unpaired) electrons. The molecule has 0 aliphatic heterocycles. The minimum Gasteiger partial charge on any atom is -0.354 e. The minimum absolute atomic E-state index is 0.198. The van der Waals surface area contributed by atoms with E-state index in [-0.39, 0.29) is 24.1 Å². The van der Waals surface area contributed by atoms with Crippen LogP contribution in [-0.2, 0) is 26.2 Å². The lowest BCUT2D eigenvalue weighted by molar-refractivity contribution is -0.139. The van der Waals surface area contributed by atoms with Gasteiger partial charge in [0.2, 0.25) is 11.8 Å². The zero-order chi connectivity index (χ0) is 26.9. The number of anilines is 1. The van der Waals surface area contributed by atoms with E-state index in [0.29, 0.717) is 19.4 Å². The van der Waals surface area contributed by atoms with Crippen LogP contribution in [-0.4, -0.2) is 69.2 Å². The van der Waals surface area contributed by atoms with Gasteiger partial charge in [-0.15, -0.1) is 0 Å². The second kappa shape index (κ2) is 13.4. The molecule has 36 heavy (non-hydrogen) atoms. The van der Waals surface area contributed by atoms with E-state index in [1.54, 1.807) is 6.92 Å². The van der Waals surface area contributed by atoms with E-state index in [1.807, 2.05) is 44.2 Å². The van der Waals surface area contributed by atoms with Gasteiger partial charge < -0.3 is 10.2 Å². The molecule has 0 aliphatic carbocycles. The number of nitrogens with one attached hydrogen (secondary N) is 1. The van der Waals surface area contributed by atoms with E-state index in [2.05, 4.69) is 5.32 Å². The Morgan fingerprint density at radius 2 is 1.61 bits per heavy atom. The molecule has 8 nitrogen and oxygen atoms in total. The summed E-state index contributed by atoms with van der Waals surface area (Å²) in [5.74, 6) is -1.44. The van der Waals surface area contributed by atoms with Gasteiger partial charge in [-0.2, -0.15) is 12.7 Å². The molecule has 2 aromatic carbocycles. The Kier molecular flexibility index (Phi) is 10.9. The second-order valence-corrected chi connectivity index (χ2v) is 11.2. The predicted molar refractivity (Wildman–Crippen MR) is 140 cm³/mol. The lowest BCUT2D eigenvalue weighted by atomic mass is 10.1. The summed E-state index contributed by atoms with van der Waals surface area (Å²) in [4.78, 5) is 28.1. The summed E-state index contributed by atoms with van der Waals surface area (Å²) in [6, 6.07) is 14.1. The van der Waals surface area contributed by atoms with Crippen molar-refractivity contribution < 1.29 is 22.4 Å². The first-order valence-corrected chi connectivity index (χ1v) is 13.4. The Bertz CT molecular complexity index is 1110. The van der Waals surface area contributed by atoms with Gasteiger partial charge in [-0.25, -0.2) is 8.70 Å². The zero-order valence-corrected chi connectivity index (χ0v) is 22.5.